The molecule has 1 aliphatic heterocycles. The van der Waals surface area contributed by atoms with Gasteiger partial charge in [0.15, 0.2) is 10.6 Å². The van der Waals surface area contributed by atoms with Crippen molar-refractivity contribution in [2.75, 3.05) is 26.2 Å². The van der Waals surface area contributed by atoms with Gasteiger partial charge in [-0.25, -0.2) is 8.42 Å². The Balaban J connectivity index is 1.38. The normalized spacial score (nSPS) is 15.1. The number of aryl methyl sites for hydroxylation is 1. The van der Waals surface area contributed by atoms with Crippen LogP contribution in [0.4, 0.5) is 0 Å². The van der Waals surface area contributed by atoms with Gasteiger partial charge in [-0.1, -0.05) is 23.8 Å². The lowest BCUT2D eigenvalue weighted by atomic mass is 10.1. The number of carbonyl (C=O) groups is 1. The molecular formula is C21H24N6O3S2. The highest BCUT2D eigenvalue weighted by molar-refractivity contribution is 7.89. The van der Waals surface area contributed by atoms with E-state index in [1.165, 1.54) is 22.8 Å². The summed E-state index contributed by atoms with van der Waals surface area (Å²) in [4.78, 5) is 18.6. The highest BCUT2D eigenvalue weighted by Gasteiger charge is 2.30. The number of amides is 1. The van der Waals surface area contributed by atoms with Crippen LogP contribution in [-0.2, 0) is 21.4 Å². The van der Waals surface area contributed by atoms with Crippen molar-refractivity contribution in [1.29, 1.82) is 0 Å². The van der Waals surface area contributed by atoms with E-state index >= 15 is 0 Å². The SMILES string of the molecule is Cc1cccc(-c2n[nH]c(=S)n2CCC(=O)N2CCN(S(=O)(=O)c3cccnc3)CC2)c1. The van der Waals surface area contributed by atoms with Gasteiger partial charge in [0.05, 0.1) is 0 Å². The molecule has 1 aromatic carbocycles. The minimum Gasteiger partial charge on any atom is -0.340 e. The van der Waals surface area contributed by atoms with Gasteiger partial charge in [0.1, 0.15) is 4.90 Å². The largest absolute Gasteiger partial charge is 0.340 e. The third-order valence-electron chi connectivity index (χ3n) is 5.45. The molecule has 9 nitrogen and oxygen atoms in total. The molecule has 1 saturated heterocycles. The average Bonchev–Trinajstić information content (AvgIpc) is 3.18. The molecule has 0 saturated carbocycles. The van der Waals surface area contributed by atoms with Crippen LogP contribution in [0.1, 0.15) is 12.0 Å². The highest BCUT2D eigenvalue weighted by Crippen LogP contribution is 2.20. The molecule has 1 amide bonds. The second-order valence-electron chi connectivity index (χ2n) is 7.60. The number of benzene rings is 1. The molecule has 1 fully saturated rings. The number of H-pyrrole nitrogens is 1. The number of aromatic nitrogens is 4. The lowest BCUT2D eigenvalue weighted by molar-refractivity contribution is -0.132. The lowest BCUT2D eigenvalue weighted by Gasteiger charge is -2.34. The fourth-order valence-electron chi connectivity index (χ4n) is 3.72. The second-order valence-corrected chi connectivity index (χ2v) is 9.92. The Morgan fingerprint density at radius 3 is 2.62 bits per heavy atom. The van der Waals surface area contributed by atoms with E-state index in [0.717, 1.165) is 11.1 Å². The maximum atomic E-state index is 12.8. The zero-order chi connectivity index (χ0) is 22.7. The molecule has 3 aromatic rings. The summed E-state index contributed by atoms with van der Waals surface area (Å²) < 4.78 is 29.2. The zero-order valence-corrected chi connectivity index (χ0v) is 19.3. The first kappa shape index (κ1) is 22.3. The van der Waals surface area contributed by atoms with Crippen LogP contribution < -0.4 is 0 Å². The predicted molar refractivity (Wildman–Crippen MR) is 122 cm³/mol. The van der Waals surface area contributed by atoms with E-state index in [1.54, 1.807) is 11.0 Å². The molecule has 4 rings (SSSR count). The zero-order valence-electron chi connectivity index (χ0n) is 17.6. The van der Waals surface area contributed by atoms with Gasteiger partial charge in [0.2, 0.25) is 15.9 Å². The van der Waals surface area contributed by atoms with E-state index in [2.05, 4.69) is 15.2 Å². The molecule has 0 spiro atoms. The van der Waals surface area contributed by atoms with Gasteiger partial charge in [-0.15, -0.1) is 0 Å². The summed E-state index contributed by atoms with van der Waals surface area (Å²) >= 11 is 5.36. The summed E-state index contributed by atoms with van der Waals surface area (Å²) in [6, 6.07) is 11.1. The van der Waals surface area contributed by atoms with Gasteiger partial charge < -0.3 is 4.90 Å². The molecule has 1 aliphatic rings. The number of pyridine rings is 1. The van der Waals surface area contributed by atoms with Crippen molar-refractivity contribution in [2.45, 2.75) is 24.8 Å². The number of aromatic amines is 1. The molecule has 32 heavy (non-hydrogen) atoms. The Hall–Kier alpha value is -2.89. The number of hydrogen-bond acceptors (Lipinski definition) is 6. The lowest BCUT2D eigenvalue weighted by Crippen LogP contribution is -2.50. The molecule has 0 aliphatic carbocycles. The Morgan fingerprint density at radius 1 is 1.16 bits per heavy atom. The van der Waals surface area contributed by atoms with Crippen LogP contribution in [0.15, 0.2) is 53.7 Å². The number of sulfonamides is 1. The van der Waals surface area contributed by atoms with Crippen molar-refractivity contribution in [3.63, 3.8) is 0 Å². The third kappa shape index (κ3) is 4.64. The standard InChI is InChI=1S/C21H24N6O3S2/c1-16-4-2-5-17(14-16)20-23-24-21(31)27(20)9-7-19(28)25-10-12-26(13-11-25)32(29,30)18-6-3-8-22-15-18/h2-6,8,14-15H,7,9-13H2,1H3,(H,24,31). The van der Waals surface area contributed by atoms with Crippen molar-refractivity contribution < 1.29 is 13.2 Å². The molecule has 0 unspecified atom stereocenters. The number of rotatable bonds is 6. The van der Waals surface area contributed by atoms with Crippen molar-refractivity contribution in [1.82, 2.24) is 29.0 Å². The smallest absolute Gasteiger partial charge is 0.244 e. The van der Waals surface area contributed by atoms with Gasteiger partial charge in [-0.05, 0) is 37.3 Å². The number of nitrogens with one attached hydrogen (secondary N) is 1. The fraction of sp³-hybridized carbons (Fsp3) is 0.333. The van der Waals surface area contributed by atoms with Gasteiger partial charge in [-0.3, -0.25) is 19.4 Å². The molecule has 0 atom stereocenters. The maximum absolute atomic E-state index is 12.8. The van der Waals surface area contributed by atoms with E-state index in [-0.39, 0.29) is 30.3 Å². The predicted octanol–water partition coefficient (Wildman–Crippen LogP) is 2.23. The van der Waals surface area contributed by atoms with E-state index < -0.39 is 10.0 Å². The summed E-state index contributed by atoms with van der Waals surface area (Å²) in [6.07, 6.45) is 3.13. The Bertz CT molecular complexity index is 1260. The van der Waals surface area contributed by atoms with Gasteiger partial charge in [0.25, 0.3) is 0 Å². The van der Waals surface area contributed by atoms with Crippen molar-refractivity contribution >= 4 is 28.1 Å². The average molecular weight is 473 g/mol. The monoisotopic (exact) mass is 472 g/mol. The van der Waals surface area contributed by atoms with Crippen LogP contribution in [0.3, 0.4) is 0 Å². The molecule has 2 aromatic heterocycles. The molecular weight excluding hydrogens is 448 g/mol. The maximum Gasteiger partial charge on any atom is 0.244 e. The Morgan fingerprint density at radius 2 is 1.94 bits per heavy atom. The minimum atomic E-state index is -3.60. The minimum absolute atomic E-state index is 0.0401. The van der Waals surface area contributed by atoms with Crippen LogP contribution in [0.5, 0.6) is 0 Å². The third-order valence-corrected chi connectivity index (χ3v) is 7.64. The highest BCUT2D eigenvalue weighted by atomic mass is 32.2. The Labute approximate surface area is 191 Å². The van der Waals surface area contributed by atoms with E-state index in [1.807, 2.05) is 35.8 Å². The van der Waals surface area contributed by atoms with Crippen LogP contribution >= 0.6 is 12.2 Å². The summed E-state index contributed by atoms with van der Waals surface area (Å²) in [6.45, 7) is 3.60. The van der Waals surface area contributed by atoms with Crippen LogP contribution in [0.25, 0.3) is 11.4 Å². The van der Waals surface area contributed by atoms with Crippen molar-refractivity contribution in [2.24, 2.45) is 0 Å². The molecule has 11 heteroatoms. The van der Waals surface area contributed by atoms with Crippen LogP contribution in [0, 0.1) is 11.7 Å². The van der Waals surface area contributed by atoms with Gasteiger partial charge in [-0.2, -0.15) is 9.40 Å². The van der Waals surface area contributed by atoms with Gasteiger partial charge in [0, 0.05) is 57.1 Å². The Kier molecular flexibility index (Phi) is 6.49. The van der Waals surface area contributed by atoms with Gasteiger partial charge >= 0.3 is 0 Å². The van der Waals surface area contributed by atoms with Crippen LogP contribution in [0.2, 0.25) is 0 Å². The fourth-order valence-corrected chi connectivity index (χ4v) is 5.33. The van der Waals surface area contributed by atoms with Crippen molar-refractivity contribution in [3.05, 3.63) is 59.1 Å². The molecule has 0 radical (unpaired) electrons. The number of carbonyl (C=O) groups excluding carboxylic acids is 1. The topological polar surface area (TPSA) is 104 Å². The first-order valence-electron chi connectivity index (χ1n) is 10.3. The summed E-state index contributed by atoms with van der Waals surface area (Å²) in [5, 5.41) is 7.13. The van der Waals surface area contributed by atoms with E-state index in [9.17, 15) is 13.2 Å². The number of hydrogen-bond donors (Lipinski definition) is 1. The van der Waals surface area contributed by atoms with Crippen molar-refractivity contribution in [3.8, 4) is 11.4 Å². The summed E-state index contributed by atoms with van der Waals surface area (Å²) in [7, 11) is -3.60. The number of nitrogens with zero attached hydrogens (tertiary/aromatic N) is 5. The second kappa shape index (κ2) is 9.31. The van der Waals surface area contributed by atoms with E-state index in [4.69, 9.17) is 12.2 Å². The summed E-state index contributed by atoms with van der Waals surface area (Å²) in [5.74, 6) is 0.653. The molecule has 0 bridgehead atoms. The summed E-state index contributed by atoms with van der Waals surface area (Å²) in [5.41, 5.74) is 2.04. The molecule has 168 valence electrons. The molecule has 1 N–H and O–H groups in total. The first-order chi connectivity index (χ1) is 15.4. The van der Waals surface area contributed by atoms with Crippen LogP contribution in [-0.4, -0.2) is 69.5 Å². The van der Waals surface area contributed by atoms with E-state index in [0.29, 0.717) is 30.2 Å². The number of piperazine rings is 1. The quantitative estimate of drug-likeness (QED) is 0.552. The first-order valence-corrected chi connectivity index (χ1v) is 12.1. The molecule has 3 heterocycles.